The van der Waals surface area contributed by atoms with E-state index in [4.69, 9.17) is 0 Å². The van der Waals surface area contributed by atoms with Crippen LogP contribution in [-0.4, -0.2) is 24.4 Å². The summed E-state index contributed by atoms with van der Waals surface area (Å²) in [5, 5.41) is 14.9. The summed E-state index contributed by atoms with van der Waals surface area (Å²) >= 11 is 0. The lowest BCUT2D eigenvalue weighted by Crippen LogP contribution is -2.45. The van der Waals surface area contributed by atoms with Gasteiger partial charge >= 0.3 is 0 Å². The molecule has 2 fully saturated rings. The molecule has 1 aliphatic carbocycles. The number of hydrogen-bond acceptors (Lipinski definition) is 3. The van der Waals surface area contributed by atoms with Crippen LogP contribution in [0.3, 0.4) is 0 Å². The van der Waals surface area contributed by atoms with Crippen LogP contribution in [0.1, 0.15) is 44.9 Å². The molecule has 1 heterocycles. The first-order valence-corrected chi connectivity index (χ1v) is 6.65. The number of nitriles is 1. The van der Waals surface area contributed by atoms with Crippen LogP contribution in [-0.2, 0) is 9.59 Å². The largest absolute Gasteiger partial charge is 0.354 e. The Morgan fingerprint density at radius 1 is 1.33 bits per heavy atom. The van der Waals surface area contributed by atoms with E-state index in [1.165, 1.54) is 0 Å². The van der Waals surface area contributed by atoms with Gasteiger partial charge in [0, 0.05) is 13.0 Å². The van der Waals surface area contributed by atoms with E-state index in [2.05, 4.69) is 16.7 Å². The second-order valence-corrected chi connectivity index (χ2v) is 5.29. The predicted octanol–water partition coefficient (Wildman–Crippen LogP) is 0.855. The van der Waals surface area contributed by atoms with Crippen molar-refractivity contribution in [3.63, 3.8) is 0 Å². The van der Waals surface area contributed by atoms with Crippen LogP contribution in [0.25, 0.3) is 0 Å². The zero-order valence-electron chi connectivity index (χ0n) is 10.5. The maximum absolute atomic E-state index is 12.3. The van der Waals surface area contributed by atoms with Crippen LogP contribution in [0.15, 0.2) is 0 Å². The molecule has 0 bridgehead atoms. The highest BCUT2D eigenvalue weighted by Gasteiger charge is 2.40. The van der Waals surface area contributed by atoms with Gasteiger partial charge in [0.05, 0.1) is 12.1 Å². The third-order valence-electron chi connectivity index (χ3n) is 3.92. The fourth-order valence-corrected chi connectivity index (χ4v) is 2.75. The van der Waals surface area contributed by atoms with Gasteiger partial charge in [0.1, 0.15) is 5.41 Å². The third kappa shape index (κ3) is 2.63. The minimum Gasteiger partial charge on any atom is -0.354 e. The van der Waals surface area contributed by atoms with E-state index in [9.17, 15) is 14.9 Å². The molecule has 0 radical (unpaired) electrons. The molecule has 5 nitrogen and oxygen atoms in total. The van der Waals surface area contributed by atoms with Crippen molar-refractivity contribution < 1.29 is 9.59 Å². The minimum atomic E-state index is -0.873. The van der Waals surface area contributed by atoms with Gasteiger partial charge in [-0.25, -0.2) is 0 Å². The van der Waals surface area contributed by atoms with E-state index in [0.29, 0.717) is 25.8 Å². The number of carbonyl (C=O) groups excluding carboxylic acids is 2. The van der Waals surface area contributed by atoms with Gasteiger partial charge in [-0.15, -0.1) is 0 Å². The van der Waals surface area contributed by atoms with Crippen LogP contribution in [0.2, 0.25) is 0 Å². The van der Waals surface area contributed by atoms with Crippen LogP contribution < -0.4 is 10.6 Å². The predicted molar refractivity (Wildman–Crippen MR) is 65.3 cm³/mol. The average Bonchev–Trinajstić information content (AvgIpc) is 2.65. The molecule has 1 unspecified atom stereocenters. The maximum atomic E-state index is 12.3. The highest BCUT2D eigenvalue weighted by molar-refractivity contribution is 5.87. The van der Waals surface area contributed by atoms with E-state index in [1.54, 1.807) is 0 Å². The van der Waals surface area contributed by atoms with Gasteiger partial charge in [0.15, 0.2) is 0 Å². The second-order valence-electron chi connectivity index (χ2n) is 5.29. The monoisotopic (exact) mass is 249 g/mol. The molecule has 0 aromatic rings. The number of carbonyl (C=O) groups is 2. The topological polar surface area (TPSA) is 82.0 Å². The van der Waals surface area contributed by atoms with Crippen molar-refractivity contribution in [2.24, 2.45) is 5.41 Å². The Bertz CT molecular complexity index is 378. The van der Waals surface area contributed by atoms with Crippen LogP contribution in [0.4, 0.5) is 0 Å². The molecular formula is C13H19N3O2. The van der Waals surface area contributed by atoms with E-state index in [0.717, 1.165) is 25.7 Å². The molecule has 5 heteroatoms. The molecule has 2 N–H and O–H groups in total. The van der Waals surface area contributed by atoms with Crippen LogP contribution in [0, 0.1) is 16.7 Å². The Hall–Kier alpha value is -1.57. The highest BCUT2D eigenvalue weighted by atomic mass is 16.2. The highest BCUT2D eigenvalue weighted by Crippen LogP contribution is 2.34. The van der Waals surface area contributed by atoms with Crippen molar-refractivity contribution in [1.29, 1.82) is 5.26 Å². The van der Waals surface area contributed by atoms with Crippen molar-refractivity contribution >= 4 is 11.8 Å². The molecule has 2 amide bonds. The van der Waals surface area contributed by atoms with E-state index in [-0.39, 0.29) is 17.9 Å². The molecule has 1 atom stereocenters. The number of rotatable bonds is 2. The summed E-state index contributed by atoms with van der Waals surface area (Å²) < 4.78 is 0. The maximum Gasteiger partial charge on any atom is 0.240 e. The lowest BCUT2D eigenvalue weighted by Gasteiger charge is -2.25. The average molecular weight is 249 g/mol. The molecule has 1 saturated carbocycles. The van der Waals surface area contributed by atoms with E-state index < -0.39 is 5.41 Å². The van der Waals surface area contributed by atoms with Gasteiger partial charge in [-0.05, 0) is 12.8 Å². The Labute approximate surface area is 107 Å². The van der Waals surface area contributed by atoms with Crippen LogP contribution >= 0.6 is 0 Å². The lowest BCUT2D eigenvalue weighted by atomic mass is 9.80. The van der Waals surface area contributed by atoms with Crippen molar-refractivity contribution in [2.75, 3.05) is 6.54 Å². The van der Waals surface area contributed by atoms with E-state index >= 15 is 0 Å². The molecule has 18 heavy (non-hydrogen) atoms. The molecule has 98 valence electrons. The van der Waals surface area contributed by atoms with E-state index in [1.807, 2.05) is 0 Å². The standard InChI is InChI=1S/C13H19N3O2/c14-9-13(5-3-1-2-4-6-13)12(18)16-10-7-11(17)15-8-10/h10H,1-8H2,(H,15,17)(H,16,18). The number of hydrogen-bond donors (Lipinski definition) is 2. The fraction of sp³-hybridized carbons (Fsp3) is 0.769. The smallest absolute Gasteiger partial charge is 0.240 e. The van der Waals surface area contributed by atoms with Gasteiger partial charge in [-0.1, -0.05) is 25.7 Å². The number of amides is 2. The van der Waals surface area contributed by atoms with Gasteiger partial charge in [0.2, 0.25) is 11.8 Å². The number of nitrogens with zero attached hydrogens (tertiary/aromatic N) is 1. The summed E-state index contributed by atoms with van der Waals surface area (Å²) in [6.45, 7) is 0.478. The third-order valence-corrected chi connectivity index (χ3v) is 3.92. The van der Waals surface area contributed by atoms with Gasteiger partial charge in [0.25, 0.3) is 0 Å². The molecule has 2 rings (SSSR count). The Morgan fingerprint density at radius 3 is 2.50 bits per heavy atom. The first kappa shape index (κ1) is 12.9. The van der Waals surface area contributed by atoms with Crippen molar-refractivity contribution in [1.82, 2.24) is 10.6 Å². The molecule has 0 aromatic carbocycles. The quantitative estimate of drug-likeness (QED) is 0.712. The first-order chi connectivity index (χ1) is 8.66. The summed E-state index contributed by atoms with van der Waals surface area (Å²) in [6, 6.07) is 2.07. The van der Waals surface area contributed by atoms with Crippen molar-refractivity contribution in [3.8, 4) is 6.07 Å². The molecule has 1 saturated heterocycles. The Balaban J connectivity index is 2.00. The van der Waals surface area contributed by atoms with Crippen LogP contribution in [0.5, 0.6) is 0 Å². The molecular weight excluding hydrogens is 230 g/mol. The zero-order valence-corrected chi connectivity index (χ0v) is 10.5. The fourth-order valence-electron chi connectivity index (χ4n) is 2.75. The van der Waals surface area contributed by atoms with Gasteiger partial charge in [-0.2, -0.15) is 5.26 Å². The molecule has 0 aromatic heterocycles. The second kappa shape index (κ2) is 5.38. The summed E-state index contributed by atoms with van der Waals surface area (Å²) in [4.78, 5) is 23.4. The van der Waals surface area contributed by atoms with Crippen molar-refractivity contribution in [2.45, 2.75) is 51.0 Å². The summed E-state index contributed by atoms with van der Waals surface area (Å²) in [5.41, 5.74) is -0.873. The minimum absolute atomic E-state index is 0.0350. The van der Waals surface area contributed by atoms with Gasteiger partial charge in [-0.3, -0.25) is 9.59 Å². The van der Waals surface area contributed by atoms with Gasteiger partial charge < -0.3 is 10.6 Å². The summed E-state index contributed by atoms with van der Waals surface area (Å²) in [7, 11) is 0. The summed E-state index contributed by atoms with van der Waals surface area (Å²) in [5.74, 6) is -0.222. The summed E-state index contributed by atoms with van der Waals surface area (Å²) in [6.07, 6.45) is 5.67. The zero-order chi connectivity index (χ0) is 13.0. The SMILES string of the molecule is N#CC1(C(=O)NC2CNC(=O)C2)CCCCCC1. The first-order valence-electron chi connectivity index (χ1n) is 6.65. The normalized spacial score (nSPS) is 26.8. The molecule has 1 aliphatic heterocycles. The molecule has 2 aliphatic rings. The number of nitrogens with one attached hydrogen (secondary N) is 2. The lowest BCUT2D eigenvalue weighted by molar-refractivity contribution is -0.129. The Kier molecular flexibility index (Phi) is 3.85. The molecule has 0 spiro atoms. The Morgan fingerprint density at radius 2 is 2.00 bits per heavy atom. The van der Waals surface area contributed by atoms with Crippen molar-refractivity contribution in [3.05, 3.63) is 0 Å².